The van der Waals surface area contributed by atoms with Gasteiger partial charge in [0.1, 0.15) is 11.6 Å². The van der Waals surface area contributed by atoms with Crippen LogP contribution < -0.4 is 10.6 Å². The normalized spacial score (nSPS) is 23.8. The highest BCUT2D eigenvalue weighted by atomic mass is 19.1. The Morgan fingerprint density at radius 2 is 1.69 bits per heavy atom. The molecule has 7 nitrogen and oxygen atoms in total. The summed E-state index contributed by atoms with van der Waals surface area (Å²) in [6.07, 6.45) is 4.76. The molecule has 2 aromatic rings. The lowest BCUT2D eigenvalue weighted by Crippen LogP contribution is -2.52. The van der Waals surface area contributed by atoms with E-state index in [-0.39, 0.29) is 17.3 Å². The zero-order valence-electron chi connectivity index (χ0n) is 22.0. The van der Waals surface area contributed by atoms with E-state index >= 15 is 0 Å². The highest BCUT2D eigenvalue weighted by molar-refractivity contribution is 5.98. The molecule has 1 aliphatic carbocycles. The number of ketones is 1. The molecular weight excluding hydrogens is 504 g/mol. The van der Waals surface area contributed by atoms with E-state index in [1.807, 2.05) is 24.3 Å². The number of likely N-dealkylation sites (tertiary alicyclic amines) is 1. The number of carbonyl (C=O) groups excluding carboxylic acids is 3. The summed E-state index contributed by atoms with van der Waals surface area (Å²) >= 11 is 0. The van der Waals surface area contributed by atoms with E-state index in [1.54, 1.807) is 4.90 Å². The smallest absolute Gasteiger partial charge is 0.415 e. The van der Waals surface area contributed by atoms with Gasteiger partial charge >= 0.3 is 6.09 Å². The van der Waals surface area contributed by atoms with Crippen molar-refractivity contribution in [1.82, 2.24) is 4.90 Å². The number of nitrogens with two attached hydrogens (primary N) is 1. The Bertz CT molecular complexity index is 1240. The maximum absolute atomic E-state index is 14.0. The number of hydrogen-bond acceptors (Lipinski definition) is 5. The van der Waals surface area contributed by atoms with Crippen LogP contribution in [0.25, 0.3) is 0 Å². The number of Topliss-reactive ketones (excluding diaryl/α,β-unsaturated/α-hetero) is 1. The molecule has 1 saturated heterocycles. The molecule has 3 aliphatic rings. The third kappa shape index (κ3) is 5.83. The number of fused-ring (bicyclic) bond motifs is 1. The van der Waals surface area contributed by atoms with Gasteiger partial charge in [-0.05, 0) is 101 Å². The highest BCUT2D eigenvalue weighted by Crippen LogP contribution is 2.38. The lowest BCUT2D eigenvalue weighted by atomic mass is 9.77. The number of ether oxygens (including phenoxy) is 1. The number of nitrogens with zero attached hydrogens (tertiary/aromatic N) is 2. The average molecular weight is 540 g/mol. The zero-order valence-corrected chi connectivity index (χ0v) is 22.0. The lowest BCUT2D eigenvalue weighted by molar-refractivity contribution is -0.140. The number of hydrogen-bond donors (Lipinski definition) is 1. The van der Waals surface area contributed by atoms with Crippen LogP contribution in [0, 0.1) is 23.5 Å². The summed E-state index contributed by atoms with van der Waals surface area (Å²) in [6, 6.07) is 10.8. The van der Waals surface area contributed by atoms with Crippen LogP contribution in [0.15, 0.2) is 42.5 Å². The van der Waals surface area contributed by atoms with Crippen LogP contribution in [-0.4, -0.2) is 54.5 Å². The fourth-order valence-electron chi connectivity index (χ4n) is 6.27. The van der Waals surface area contributed by atoms with Crippen molar-refractivity contribution in [2.45, 2.75) is 57.0 Å². The molecule has 2 aromatic carbocycles. The van der Waals surface area contributed by atoms with E-state index in [2.05, 4.69) is 4.90 Å². The van der Waals surface area contributed by atoms with Gasteiger partial charge < -0.3 is 15.4 Å². The molecule has 2 aliphatic heterocycles. The Morgan fingerprint density at radius 1 is 0.974 bits per heavy atom. The van der Waals surface area contributed by atoms with Gasteiger partial charge in [0.25, 0.3) is 5.91 Å². The number of benzene rings is 2. The van der Waals surface area contributed by atoms with E-state index < -0.39 is 29.2 Å². The third-order valence-corrected chi connectivity index (χ3v) is 8.76. The molecule has 2 fully saturated rings. The molecule has 5 rings (SSSR count). The second kappa shape index (κ2) is 11.4. The molecule has 2 heterocycles. The molecule has 208 valence electrons. The van der Waals surface area contributed by atoms with E-state index in [1.165, 1.54) is 6.07 Å². The number of halogens is 2. The minimum Gasteiger partial charge on any atom is -0.432 e. The summed E-state index contributed by atoms with van der Waals surface area (Å²) < 4.78 is 33.1. The number of primary amides is 1. The number of para-hydroxylation sites is 1. The second-order valence-electron chi connectivity index (χ2n) is 11.1. The summed E-state index contributed by atoms with van der Waals surface area (Å²) in [7, 11) is 0. The van der Waals surface area contributed by atoms with Crippen LogP contribution in [0.5, 0.6) is 0 Å². The molecule has 0 radical (unpaired) electrons. The van der Waals surface area contributed by atoms with Crippen molar-refractivity contribution in [2.75, 3.05) is 31.1 Å². The molecule has 0 bridgehead atoms. The van der Waals surface area contributed by atoms with Crippen molar-refractivity contribution >= 4 is 23.5 Å². The molecule has 0 unspecified atom stereocenters. The number of carbonyl (C=O) groups is 3. The first-order chi connectivity index (χ1) is 18.8. The van der Waals surface area contributed by atoms with E-state index in [9.17, 15) is 23.2 Å². The molecule has 1 saturated carbocycles. The molecule has 0 aromatic heterocycles. The maximum Gasteiger partial charge on any atom is 0.415 e. The van der Waals surface area contributed by atoms with Crippen LogP contribution in [-0.2, 0) is 16.0 Å². The Labute approximate surface area is 227 Å². The van der Waals surface area contributed by atoms with Gasteiger partial charge in [-0.1, -0.05) is 18.2 Å². The molecule has 0 atom stereocenters. The maximum atomic E-state index is 14.0. The topological polar surface area (TPSA) is 92.9 Å². The van der Waals surface area contributed by atoms with Crippen LogP contribution in [0.3, 0.4) is 0 Å². The van der Waals surface area contributed by atoms with Crippen LogP contribution in [0.1, 0.15) is 60.9 Å². The minimum atomic E-state index is -1.28. The summed E-state index contributed by atoms with van der Waals surface area (Å²) in [5, 5.41) is 0. The number of piperidine rings is 1. The quantitative estimate of drug-likeness (QED) is 0.507. The van der Waals surface area contributed by atoms with Crippen LogP contribution >= 0.6 is 0 Å². The number of rotatable bonds is 7. The van der Waals surface area contributed by atoms with Gasteiger partial charge in [-0.25, -0.2) is 13.6 Å². The van der Waals surface area contributed by atoms with Crippen molar-refractivity contribution in [1.29, 1.82) is 0 Å². The molecule has 0 spiro atoms. The first-order valence-corrected chi connectivity index (χ1v) is 13.9. The van der Waals surface area contributed by atoms with E-state index in [0.29, 0.717) is 38.1 Å². The Kier molecular flexibility index (Phi) is 7.98. The first kappa shape index (κ1) is 27.2. The van der Waals surface area contributed by atoms with Crippen LogP contribution in [0.4, 0.5) is 19.3 Å². The summed E-state index contributed by atoms with van der Waals surface area (Å²) in [4.78, 5) is 42.1. The molecule has 9 heteroatoms. The summed E-state index contributed by atoms with van der Waals surface area (Å²) in [5.41, 5.74) is 6.36. The summed E-state index contributed by atoms with van der Waals surface area (Å²) in [5.74, 6) is -2.21. The van der Waals surface area contributed by atoms with Crippen LogP contribution in [0.2, 0.25) is 0 Å². The van der Waals surface area contributed by atoms with Gasteiger partial charge in [0, 0.05) is 18.5 Å². The van der Waals surface area contributed by atoms with Crippen molar-refractivity contribution in [3.05, 3.63) is 65.2 Å². The molecule has 2 N–H and O–H groups in total. The van der Waals surface area contributed by atoms with Crippen molar-refractivity contribution in [3.63, 3.8) is 0 Å². The standard InChI is InChI=1S/C30H35F2N3O4/c31-23-5-6-24(25(32)19-23)27(36)22-10-16-34(17-11-22)15-9-20-7-13-30(14-8-20,28(33)37)39-29(38)35-18-12-21-3-1-2-4-26(21)35/h1-6,19-20,22H,7-18H2,(H2,33,37). The number of amides is 2. The Balaban J connectivity index is 1.08. The molecule has 2 amide bonds. The SMILES string of the molecule is NC(=O)C1(OC(=O)N2CCc3ccccc32)CCC(CCN2CCC(C(=O)c3ccc(F)cc3F)CC2)CC1. The average Bonchev–Trinajstić information content (AvgIpc) is 3.37. The van der Waals surface area contributed by atoms with Gasteiger partial charge in [-0.15, -0.1) is 0 Å². The minimum absolute atomic E-state index is 0.0374. The molecular formula is C30H35F2N3O4. The van der Waals surface area contributed by atoms with Gasteiger partial charge in [0.05, 0.1) is 11.3 Å². The number of anilines is 1. The van der Waals surface area contributed by atoms with Crippen molar-refractivity contribution < 1.29 is 27.9 Å². The highest BCUT2D eigenvalue weighted by Gasteiger charge is 2.45. The lowest BCUT2D eigenvalue weighted by Gasteiger charge is -2.39. The largest absolute Gasteiger partial charge is 0.432 e. The first-order valence-electron chi connectivity index (χ1n) is 13.9. The summed E-state index contributed by atoms with van der Waals surface area (Å²) in [6.45, 7) is 2.87. The fourth-order valence-corrected chi connectivity index (χ4v) is 6.27. The van der Waals surface area contributed by atoms with Gasteiger partial charge in [-0.3, -0.25) is 14.5 Å². The monoisotopic (exact) mass is 539 g/mol. The van der Waals surface area contributed by atoms with E-state index in [4.69, 9.17) is 10.5 Å². The van der Waals surface area contributed by atoms with Gasteiger partial charge in [0.15, 0.2) is 11.4 Å². The Morgan fingerprint density at radius 3 is 2.38 bits per heavy atom. The predicted octanol–water partition coefficient (Wildman–Crippen LogP) is 4.86. The van der Waals surface area contributed by atoms with E-state index in [0.717, 1.165) is 68.7 Å². The zero-order chi connectivity index (χ0) is 27.6. The van der Waals surface area contributed by atoms with Gasteiger partial charge in [0.2, 0.25) is 0 Å². The molecule has 39 heavy (non-hydrogen) atoms. The van der Waals surface area contributed by atoms with Gasteiger partial charge in [-0.2, -0.15) is 0 Å². The predicted molar refractivity (Wildman–Crippen MR) is 142 cm³/mol. The van der Waals surface area contributed by atoms with Crippen molar-refractivity contribution in [3.8, 4) is 0 Å². The Hall–Kier alpha value is -3.33. The van der Waals surface area contributed by atoms with Crippen molar-refractivity contribution in [2.24, 2.45) is 17.6 Å². The fraction of sp³-hybridized carbons (Fsp3) is 0.500. The third-order valence-electron chi connectivity index (χ3n) is 8.76. The second-order valence-corrected chi connectivity index (χ2v) is 11.1.